The number of ketones is 1. The third-order valence-corrected chi connectivity index (χ3v) is 8.64. The van der Waals surface area contributed by atoms with Gasteiger partial charge < -0.3 is 48.7 Å². The molecule has 0 bridgehead atoms. The summed E-state index contributed by atoms with van der Waals surface area (Å²) in [5.74, 6) is -2.36. The van der Waals surface area contributed by atoms with Crippen LogP contribution in [0, 0.1) is 5.41 Å². The largest absolute Gasteiger partial charge is 0.464 e. The summed E-state index contributed by atoms with van der Waals surface area (Å²) in [5, 5.41) is 5.47. The number of Topliss-reactive ketones (excluding diaryl/α,β-unsaturated/α-hetero) is 1. The zero-order valence-electron chi connectivity index (χ0n) is 36.3. The lowest BCUT2D eigenvalue weighted by atomic mass is 9.91. The molecule has 0 rings (SSSR count). The highest BCUT2D eigenvalue weighted by atomic mass is 79.9. The summed E-state index contributed by atoms with van der Waals surface area (Å²) in [7, 11) is 3.95. The van der Waals surface area contributed by atoms with E-state index in [-0.39, 0.29) is 84.1 Å². The number of alkyl carbamates (subject to hydrolysis) is 1. The van der Waals surface area contributed by atoms with E-state index in [1.807, 2.05) is 14.1 Å². The van der Waals surface area contributed by atoms with Crippen LogP contribution in [0.5, 0.6) is 0 Å². The molecule has 0 unspecified atom stereocenters. The van der Waals surface area contributed by atoms with Gasteiger partial charge in [-0.05, 0) is 109 Å². The van der Waals surface area contributed by atoms with Gasteiger partial charge in [0.15, 0.2) is 5.78 Å². The number of alkyl halides is 3. The third-order valence-electron chi connectivity index (χ3n) is 7.67. The molecular weight excluding hydrogens is 958 g/mol. The van der Waals surface area contributed by atoms with Crippen LogP contribution in [-0.4, -0.2) is 152 Å². The summed E-state index contributed by atoms with van der Waals surface area (Å²) < 4.78 is 35.8. The minimum atomic E-state index is -1.34. The van der Waals surface area contributed by atoms with E-state index in [0.29, 0.717) is 12.8 Å². The topological polar surface area (TPSA) is 194 Å². The minimum absolute atomic E-state index is 0.153. The Bertz CT molecular complexity index is 1220. The lowest BCUT2D eigenvalue weighted by Gasteiger charge is -2.34. The second-order valence-electron chi connectivity index (χ2n) is 16.8. The Labute approximate surface area is 370 Å². The number of carbonyl (C=O) groups excluding carboxylic acids is 6. The monoisotopic (exact) mass is 1020 g/mol. The van der Waals surface area contributed by atoms with Crippen LogP contribution in [0.3, 0.4) is 0 Å². The maximum atomic E-state index is 12.8. The van der Waals surface area contributed by atoms with Crippen LogP contribution in [0.25, 0.3) is 0 Å². The Balaban J connectivity index is 4.93. The van der Waals surface area contributed by atoms with Gasteiger partial charge in [-0.3, -0.25) is 24.0 Å². The summed E-state index contributed by atoms with van der Waals surface area (Å²) in [4.78, 5) is 77.9. The normalized spacial score (nSPS) is 13.1. The molecule has 16 nitrogen and oxygen atoms in total. The molecule has 58 heavy (non-hydrogen) atoms. The standard InChI is InChI=1S/C39H68Br3N3O13/c1-35(2,3)58-34(51)44-29(16-12-13-18-45(10)11)30(47)43-17-20-53-22-21-52-19-14-15-28(46)23-54-24-39(25-55-31(48)36(4,5)40,26-56-32(49)37(6,7)41)27-57-33(50)38(8,9)42/h29H,12-27H2,1-11H3,(H,43,47)(H,44,51)/t29-/m0/s1. The van der Waals surface area contributed by atoms with Crippen molar-refractivity contribution >= 4 is 83.5 Å². The van der Waals surface area contributed by atoms with E-state index in [2.05, 4.69) is 63.3 Å². The molecule has 0 heterocycles. The third kappa shape index (κ3) is 27.8. The number of nitrogens with one attached hydrogen (secondary N) is 2. The molecule has 0 fully saturated rings. The Morgan fingerprint density at radius 2 is 1.10 bits per heavy atom. The van der Waals surface area contributed by atoms with Crippen molar-refractivity contribution < 1.29 is 61.9 Å². The SMILES string of the molecule is CN(C)CCCC[C@H](NC(=O)OC(C)(C)C)C(=O)NCCOCCOCCCC(=O)COCC(COC(=O)C(C)(C)Br)(COC(=O)C(C)(C)Br)COC(=O)C(C)(C)Br. The average molecular weight is 1030 g/mol. The zero-order chi connectivity index (χ0) is 44.8. The first-order valence-electron chi connectivity index (χ1n) is 19.3. The number of halogens is 3. The molecule has 2 amide bonds. The number of nitrogens with zero attached hydrogens (tertiary/aromatic N) is 1. The molecule has 0 aliphatic heterocycles. The molecule has 0 aromatic carbocycles. The number of amides is 2. The molecule has 338 valence electrons. The lowest BCUT2D eigenvalue weighted by Crippen LogP contribution is -2.48. The molecule has 1 atom stereocenters. The quantitative estimate of drug-likeness (QED) is 0.0410. The Kier molecular flexibility index (Phi) is 26.2. The number of rotatable bonds is 30. The van der Waals surface area contributed by atoms with Crippen molar-refractivity contribution in [3.05, 3.63) is 0 Å². The van der Waals surface area contributed by atoms with Crippen LogP contribution in [0.4, 0.5) is 4.79 Å². The van der Waals surface area contributed by atoms with Crippen molar-refractivity contribution in [2.24, 2.45) is 5.41 Å². The summed E-state index contributed by atoms with van der Waals surface area (Å²) in [5.41, 5.74) is -2.03. The van der Waals surface area contributed by atoms with Crippen molar-refractivity contribution in [2.75, 3.05) is 86.6 Å². The zero-order valence-corrected chi connectivity index (χ0v) is 41.0. The number of unbranched alkanes of at least 4 members (excludes halogenated alkanes) is 1. The Morgan fingerprint density at radius 1 is 0.621 bits per heavy atom. The van der Waals surface area contributed by atoms with Crippen molar-refractivity contribution in [1.82, 2.24) is 15.5 Å². The lowest BCUT2D eigenvalue weighted by molar-refractivity contribution is -0.170. The molecule has 0 aromatic heterocycles. The van der Waals surface area contributed by atoms with Crippen molar-refractivity contribution in [1.29, 1.82) is 0 Å². The smallest absolute Gasteiger partial charge is 0.408 e. The molecule has 0 aliphatic carbocycles. The second kappa shape index (κ2) is 27.1. The van der Waals surface area contributed by atoms with E-state index in [1.54, 1.807) is 62.3 Å². The number of carbonyl (C=O) groups is 6. The first-order chi connectivity index (χ1) is 26.6. The maximum absolute atomic E-state index is 12.8. The highest BCUT2D eigenvalue weighted by Gasteiger charge is 2.41. The van der Waals surface area contributed by atoms with Gasteiger partial charge in [0.2, 0.25) is 5.91 Å². The molecule has 0 spiro atoms. The number of esters is 3. The molecule has 0 saturated heterocycles. The van der Waals surface area contributed by atoms with E-state index < -0.39 is 54.0 Å². The molecule has 0 aromatic rings. The van der Waals surface area contributed by atoms with Crippen molar-refractivity contribution in [3.63, 3.8) is 0 Å². The fraction of sp³-hybridized carbons (Fsp3) is 0.846. The van der Waals surface area contributed by atoms with Crippen LogP contribution in [-0.2, 0) is 57.1 Å². The number of hydrogen-bond donors (Lipinski definition) is 2. The van der Waals surface area contributed by atoms with E-state index in [4.69, 9.17) is 33.2 Å². The molecule has 2 N–H and O–H groups in total. The van der Waals surface area contributed by atoms with Gasteiger partial charge in [0.1, 0.15) is 51.0 Å². The van der Waals surface area contributed by atoms with Crippen LogP contribution >= 0.6 is 47.8 Å². The van der Waals surface area contributed by atoms with Gasteiger partial charge in [-0.2, -0.15) is 0 Å². The van der Waals surface area contributed by atoms with Gasteiger partial charge in [-0.15, -0.1) is 0 Å². The van der Waals surface area contributed by atoms with E-state index >= 15 is 0 Å². The van der Waals surface area contributed by atoms with Gasteiger partial charge in [0, 0.05) is 19.6 Å². The van der Waals surface area contributed by atoms with Gasteiger partial charge >= 0.3 is 24.0 Å². The maximum Gasteiger partial charge on any atom is 0.408 e. The van der Waals surface area contributed by atoms with Crippen molar-refractivity contribution in [2.45, 2.75) is 119 Å². The summed E-state index contributed by atoms with van der Waals surface area (Å²) in [6.07, 6.45) is 2.01. The minimum Gasteiger partial charge on any atom is -0.464 e. The van der Waals surface area contributed by atoms with Crippen molar-refractivity contribution in [3.8, 4) is 0 Å². The molecule has 0 saturated carbocycles. The molecule has 19 heteroatoms. The van der Waals surface area contributed by atoms with E-state index in [1.165, 1.54) is 0 Å². The molecule has 0 radical (unpaired) electrons. The average Bonchev–Trinajstić information content (AvgIpc) is 3.07. The van der Waals surface area contributed by atoms with Gasteiger partial charge in [-0.1, -0.05) is 47.8 Å². The predicted octanol–water partition coefficient (Wildman–Crippen LogP) is 5.26. The molecule has 0 aliphatic rings. The van der Waals surface area contributed by atoms with Gasteiger partial charge in [0.25, 0.3) is 0 Å². The van der Waals surface area contributed by atoms with E-state index in [9.17, 15) is 28.8 Å². The Morgan fingerprint density at radius 3 is 1.55 bits per heavy atom. The first kappa shape index (κ1) is 56.1. The molecular formula is C39H68Br3N3O13. The fourth-order valence-corrected chi connectivity index (χ4v) is 4.78. The number of hydrogen-bond acceptors (Lipinski definition) is 14. The summed E-state index contributed by atoms with van der Waals surface area (Å²) in [6.45, 7) is 15.5. The summed E-state index contributed by atoms with van der Waals surface area (Å²) in [6, 6.07) is -0.736. The van der Waals surface area contributed by atoms with Crippen LogP contribution in [0.1, 0.15) is 94.4 Å². The second-order valence-corrected chi connectivity index (χ2v) is 22.7. The Hall–Kier alpha value is -1.90. The van der Waals surface area contributed by atoms with Gasteiger partial charge in [0.05, 0.1) is 31.8 Å². The van der Waals surface area contributed by atoms with Crippen LogP contribution in [0.2, 0.25) is 0 Å². The summed E-state index contributed by atoms with van der Waals surface area (Å²) >= 11 is 9.80. The van der Waals surface area contributed by atoms with Crippen LogP contribution in [0.15, 0.2) is 0 Å². The number of ether oxygens (including phenoxy) is 7. The fourth-order valence-electron chi connectivity index (χ4n) is 4.43. The predicted molar refractivity (Wildman–Crippen MR) is 230 cm³/mol. The van der Waals surface area contributed by atoms with Gasteiger partial charge in [-0.25, -0.2) is 4.79 Å². The van der Waals surface area contributed by atoms with E-state index in [0.717, 1.165) is 19.4 Å². The first-order valence-corrected chi connectivity index (χ1v) is 21.7. The highest BCUT2D eigenvalue weighted by molar-refractivity contribution is 9.10. The highest BCUT2D eigenvalue weighted by Crippen LogP contribution is 2.28. The van der Waals surface area contributed by atoms with Crippen LogP contribution < -0.4 is 10.6 Å².